The van der Waals surface area contributed by atoms with Gasteiger partial charge in [0.15, 0.2) is 0 Å². The topological polar surface area (TPSA) is 28.2 Å². The molecule has 1 heterocycles. The lowest BCUT2D eigenvalue weighted by Crippen LogP contribution is -2.28. The predicted octanol–water partition coefficient (Wildman–Crippen LogP) is 2.96. The fraction of sp³-hybridized carbons (Fsp3) is 0.688. The van der Waals surface area contributed by atoms with Gasteiger partial charge < -0.3 is 10.2 Å². The second-order valence-electron chi connectivity index (χ2n) is 6.37. The van der Waals surface area contributed by atoms with Crippen LogP contribution >= 0.6 is 0 Å². The average molecular weight is 259 g/mol. The Bertz CT molecular complexity index is 422. The summed E-state index contributed by atoms with van der Waals surface area (Å²) in [6.45, 7) is 6.47. The molecular formula is C16H25N3. The van der Waals surface area contributed by atoms with E-state index in [1.165, 1.54) is 37.9 Å². The monoisotopic (exact) mass is 259 g/mol. The molecule has 1 N–H and O–H groups in total. The molecule has 2 aliphatic rings. The van der Waals surface area contributed by atoms with Crippen molar-refractivity contribution in [3.05, 3.63) is 24.0 Å². The smallest absolute Gasteiger partial charge is 0.0562 e. The molecule has 3 nitrogen and oxygen atoms in total. The van der Waals surface area contributed by atoms with Gasteiger partial charge in [-0.25, -0.2) is 0 Å². The van der Waals surface area contributed by atoms with E-state index < -0.39 is 0 Å². The van der Waals surface area contributed by atoms with Crippen molar-refractivity contribution in [3.63, 3.8) is 0 Å². The van der Waals surface area contributed by atoms with Crippen LogP contribution < -0.4 is 10.2 Å². The molecule has 1 aromatic heterocycles. The third kappa shape index (κ3) is 3.69. The first kappa shape index (κ1) is 12.9. The van der Waals surface area contributed by atoms with Gasteiger partial charge in [0.1, 0.15) is 0 Å². The Hall–Kier alpha value is -1.09. The minimum absolute atomic E-state index is 0.511. The Morgan fingerprint density at radius 2 is 2.11 bits per heavy atom. The third-order valence-electron chi connectivity index (χ3n) is 3.96. The highest BCUT2D eigenvalue weighted by Gasteiger charge is 2.33. The fourth-order valence-corrected chi connectivity index (χ4v) is 2.48. The summed E-state index contributed by atoms with van der Waals surface area (Å²) in [6, 6.07) is 5.76. The Balaban J connectivity index is 1.68. The van der Waals surface area contributed by atoms with E-state index in [1.807, 2.05) is 6.20 Å². The highest BCUT2D eigenvalue weighted by Crippen LogP contribution is 2.37. The standard InChI is InChI=1S/C16H25N3/c1-12(2)18-10-14-9-16(7-8-17-14)19(15-5-6-15)11-13-3-4-13/h7-9,12-13,15,18H,3-6,10-11H2,1-2H3. The van der Waals surface area contributed by atoms with Crippen molar-refractivity contribution < 1.29 is 0 Å². The van der Waals surface area contributed by atoms with E-state index in [1.54, 1.807) is 0 Å². The van der Waals surface area contributed by atoms with Gasteiger partial charge >= 0.3 is 0 Å². The van der Waals surface area contributed by atoms with Gasteiger partial charge in [0.2, 0.25) is 0 Å². The molecule has 19 heavy (non-hydrogen) atoms. The van der Waals surface area contributed by atoms with Crippen LogP contribution in [-0.2, 0) is 6.54 Å². The molecule has 2 fully saturated rings. The molecule has 0 unspecified atom stereocenters. The normalized spacial score (nSPS) is 18.9. The van der Waals surface area contributed by atoms with E-state index in [0.717, 1.165) is 24.2 Å². The number of nitrogens with zero attached hydrogens (tertiary/aromatic N) is 2. The van der Waals surface area contributed by atoms with Crippen LogP contribution in [0.5, 0.6) is 0 Å². The Morgan fingerprint density at radius 3 is 2.74 bits per heavy atom. The van der Waals surface area contributed by atoms with Gasteiger partial charge in [-0.15, -0.1) is 0 Å². The Morgan fingerprint density at radius 1 is 1.32 bits per heavy atom. The van der Waals surface area contributed by atoms with Crippen molar-refractivity contribution in [1.82, 2.24) is 10.3 Å². The Labute approximate surface area is 116 Å². The summed E-state index contributed by atoms with van der Waals surface area (Å²) in [5, 5.41) is 3.44. The zero-order valence-electron chi connectivity index (χ0n) is 12.1. The largest absolute Gasteiger partial charge is 0.368 e. The van der Waals surface area contributed by atoms with Gasteiger partial charge in [0, 0.05) is 37.1 Å². The fourth-order valence-electron chi connectivity index (χ4n) is 2.48. The van der Waals surface area contributed by atoms with Gasteiger partial charge in [-0.2, -0.15) is 0 Å². The van der Waals surface area contributed by atoms with Crippen molar-refractivity contribution in [2.45, 2.75) is 58.2 Å². The van der Waals surface area contributed by atoms with Crippen LogP contribution in [0.15, 0.2) is 18.3 Å². The molecule has 0 amide bonds. The molecule has 3 rings (SSSR count). The van der Waals surface area contributed by atoms with Crippen LogP contribution in [0.4, 0.5) is 5.69 Å². The average Bonchev–Trinajstić information content (AvgIpc) is 3.26. The summed E-state index contributed by atoms with van der Waals surface area (Å²) in [4.78, 5) is 7.10. The van der Waals surface area contributed by atoms with Gasteiger partial charge in [-0.3, -0.25) is 4.98 Å². The highest BCUT2D eigenvalue weighted by molar-refractivity contribution is 5.49. The number of aromatic nitrogens is 1. The van der Waals surface area contributed by atoms with Crippen LogP contribution in [0.25, 0.3) is 0 Å². The van der Waals surface area contributed by atoms with Crippen molar-refractivity contribution in [1.29, 1.82) is 0 Å². The van der Waals surface area contributed by atoms with Crippen LogP contribution in [0.2, 0.25) is 0 Å². The predicted molar refractivity (Wildman–Crippen MR) is 79.3 cm³/mol. The summed E-state index contributed by atoms with van der Waals surface area (Å²) in [5.74, 6) is 0.950. The lowest BCUT2D eigenvalue weighted by atomic mass is 10.2. The molecule has 2 aliphatic carbocycles. The first-order chi connectivity index (χ1) is 9.22. The molecule has 104 valence electrons. The first-order valence-corrected chi connectivity index (χ1v) is 7.67. The van der Waals surface area contributed by atoms with Gasteiger partial charge in [-0.05, 0) is 43.7 Å². The van der Waals surface area contributed by atoms with E-state index in [4.69, 9.17) is 0 Å². The molecule has 2 saturated carbocycles. The summed E-state index contributed by atoms with van der Waals surface area (Å²) in [6.07, 6.45) is 7.56. The lowest BCUT2D eigenvalue weighted by molar-refractivity contribution is 0.581. The number of hydrogen-bond acceptors (Lipinski definition) is 3. The number of nitrogens with one attached hydrogen (secondary N) is 1. The van der Waals surface area contributed by atoms with Gasteiger partial charge in [-0.1, -0.05) is 13.8 Å². The maximum atomic E-state index is 4.48. The maximum absolute atomic E-state index is 4.48. The number of anilines is 1. The van der Waals surface area contributed by atoms with Crippen LogP contribution in [-0.4, -0.2) is 23.6 Å². The lowest BCUT2D eigenvalue weighted by Gasteiger charge is -2.25. The zero-order chi connectivity index (χ0) is 13.2. The number of pyridine rings is 1. The van der Waals surface area contributed by atoms with Gasteiger partial charge in [0.05, 0.1) is 5.69 Å². The summed E-state index contributed by atoms with van der Waals surface area (Å²) >= 11 is 0. The third-order valence-corrected chi connectivity index (χ3v) is 3.96. The minimum atomic E-state index is 0.511. The first-order valence-electron chi connectivity index (χ1n) is 7.67. The minimum Gasteiger partial charge on any atom is -0.368 e. The van der Waals surface area contributed by atoms with Crippen molar-refractivity contribution in [2.24, 2.45) is 5.92 Å². The molecule has 0 bridgehead atoms. The quantitative estimate of drug-likeness (QED) is 0.816. The summed E-state index contributed by atoms with van der Waals surface area (Å²) in [7, 11) is 0. The van der Waals surface area contributed by atoms with Crippen LogP contribution in [0.3, 0.4) is 0 Å². The molecule has 0 saturated heterocycles. The molecule has 0 aliphatic heterocycles. The van der Waals surface area contributed by atoms with Crippen LogP contribution in [0, 0.1) is 5.92 Å². The molecular weight excluding hydrogens is 234 g/mol. The van der Waals surface area contributed by atoms with Crippen molar-refractivity contribution in [3.8, 4) is 0 Å². The molecule has 3 heteroatoms. The number of hydrogen-bond donors (Lipinski definition) is 1. The summed E-state index contributed by atoms with van der Waals surface area (Å²) < 4.78 is 0. The SMILES string of the molecule is CC(C)NCc1cc(N(CC2CC2)C2CC2)ccn1. The highest BCUT2D eigenvalue weighted by atomic mass is 15.2. The second kappa shape index (κ2) is 5.49. The van der Waals surface area contributed by atoms with E-state index in [-0.39, 0.29) is 0 Å². The van der Waals surface area contributed by atoms with E-state index in [2.05, 4.69) is 41.2 Å². The van der Waals surface area contributed by atoms with E-state index >= 15 is 0 Å². The maximum Gasteiger partial charge on any atom is 0.0562 e. The molecule has 0 aromatic carbocycles. The van der Waals surface area contributed by atoms with Crippen molar-refractivity contribution >= 4 is 5.69 Å². The zero-order valence-corrected chi connectivity index (χ0v) is 12.1. The molecule has 0 spiro atoms. The molecule has 0 atom stereocenters. The Kier molecular flexibility index (Phi) is 3.74. The van der Waals surface area contributed by atoms with E-state index in [0.29, 0.717) is 6.04 Å². The second-order valence-corrected chi connectivity index (χ2v) is 6.37. The van der Waals surface area contributed by atoms with E-state index in [9.17, 15) is 0 Å². The summed E-state index contributed by atoms with van der Waals surface area (Å²) in [5.41, 5.74) is 2.54. The van der Waals surface area contributed by atoms with Gasteiger partial charge in [0.25, 0.3) is 0 Å². The van der Waals surface area contributed by atoms with Crippen molar-refractivity contribution in [2.75, 3.05) is 11.4 Å². The van der Waals surface area contributed by atoms with Crippen LogP contribution in [0.1, 0.15) is 45.2 Å². The molecule has 0 radical (unpaired) electrons. The molecule has 1 aromatic rings. The number of rotatable bonds is 7.